The largest absolute Gasteiger partial charge is 0.462 e. The molecule has 1 aromatic carbocycles. The van der Waals surface area contributed by atoms with Crippen molar-refractivity contribution >= 4 is 17.6 Å². The van der Waals surface area contributed by atoms with Crippen molar-refractivity contribution in [3.8, 4) is 0 Å². The first-order chi connectivity index (χ1) is 12.1. The Morgan fingerprint density at radius 2 is 2.00 bits per heavy atom. The molecule has 0 spiro atoms. The number of nitrogens with one attached hydrogen (secondary N) is 1. The molecular weight excluding hydrogens is 316 g/mol. The molecule has 25 heavy (non-hydrogen) atoms. The molecule has 1 heterocycles. The van der Waals surface area contributed by atoms with E-state index in [4.69, 9.17) is 4.74 Å². The Morgan fingerprint density at radius 3 is 2.76 bits per heavy atom. The van der Waals surface area contributed by atoms with Gasteiger partial charge < -0.3 is 10.1 Å². The fourth-order valence-corrected chi connectivity index (χ4v) is 2.55. The van der Waals surface area contributed by atoms with Gasteiger partial charge in [0, 0.05) is 23.0 Å². The van der Waals surface area contributed by atoms with Crippen LogP contribution in [0, 0.1) is 12.8 Å². The first-order valence-electron chi connectivity index (χ1n) is 8.62. The first kappa shape index (κ1) is 17.1. The molecule has 1 aliphatic carbocycles. The average Bonchev–Trinajstić information content (AvgIpc) is 3.44. The fourth-order valence-electron chi connectivity index (χ4n) is 2.55. The molecule has 1 fully saturated rings. The summed E-state index contributed by atoms with van der Waals surface area (Å²) in [6.45, 7) is 2.30. The Labute approximate surface area is 147 Å². The SMILES string of the molecule is Cc1cccc(CCCOC(=O)c2cccc(NC(=O)C3CC3)c2)n1. The number of carbonyl (C=O) groups is 2. The van der Waals surface area contributed by atoms with Crippen LogP contribution in [0.15, 0.2) is 42.5 Å². The maximum atomic E-state index is 12.1. The van der Waals surface area contributed by atoms with Gasteiger partial charge in [-0.25, -0.2) is 4.79 Å². The van der Waals surface area contributed by atoms with Crippen molar-refractivity contribution in [3.63, 3.8) is 0 Å². The van der Waals surface area contributed by atoms with Gasteiger partial charge in [0.25, 0.3) is 0 Å². The molecule has 2 aromatic rings. The maximum Gasteiger partial charge on any atom is 0.338 e. The van der Waals surface area contributed by atoms with Gasteiger partial charge >= 0.3 is 5.97 Å². The highest BCUT2D eigenvalue weighted by atomic mass is 16.5. The highest BCUT2D eigenvalue weighted by molar-refractivity contribution is 5.96. The number of anilines is 1. The number of nitrogens with zero attached hydrogens (tertiary/aromatic N) is 1. The highest BCUT2D eigenvalue weighted by Crippen LogP contribution is 2.30. The van der Waals surface area contributed by atoms with Gasteiger partial charge in [0.15, 0.2) is 0 Å². The minimum absolute atomic E-state index is 0.0242. The van der Waals surface area contributed by atoms with E-state index in [1.165, 1.54) is 0 Å². The van der Waals surface area contributed by atoms with Crippen LogP contribution >= 0.6 is 0 Å². The molecule has 1 aliphatic rings. The summed E-state index contributed by atoms with van der Waals surface area (Å²) in [5.41, 5.74) is 3.07. The Kier molecular flexibility index (Phi) is 5.43. The van der Waals surface area contributed by atoms with Crippen LogP contribution in [0.3, 0.4) is 0 Å². The number of hydrogen-bond donors (Lipinski definition) is 1. The molecule has 5 heteroatoms. The lowest BCUT2D eigenvalue weighted by Gasteiger charge is -2.08. The molecule has 1 saturated carbocycles. The molecule has 0 aliphatic heterocycles. The number of aromatic nitrogens is 1. The van der Waals surface area contributed by atoms with Crippen molar-refractivity contribution in [2.45, 2.75) is 32.6 Å². The topological polar surface area (TPSA) is 68.3 Å². The van der Waals surface area contributed by atoms with Crippen LogP contribution in [0.4, 0.5) is 5.69 Å². The van der Waals surface area contributed by atoms with Gasteiger partial charge in [0.05, 0.1) is 12.2 Å². The van der Waals surface area contributed by atoms with E-state index in [0.29, 0.717) is 17.9 Å². The van der Waals surface area contributed by atoms with E-state index in [2.05, 4.69) is 10.3 Å². The quantitative estimate of drug-likeness (QED) is 0.619. The van der Waals surface area contributed by atoms with Crippen molar-refractivity contribution in [2.24, 2.45) is 5.92 Å². The second-order valence-electron chi connectivity index (χ2n) is 6.35. The van der Waals surface area contributed by atoms with Crippen LogP contribution in [0.2, 0.25) is 0 Å². The monoisotopic (exact) mass is 338 g/mol. The van der Waals surface area contributed by atoms with Crippen molar-refractivity contribution in [1.29, 1.82) is 0 Å². The Morgan fingerprint density at radius 1 is 1.20 bits per heavy atom. The van der Waals surface area contributed by atoms with E-state index in [-0.39, 0.29) is 17.8 Å². The minimum atomic E-state index is -0.375. The van der Waals surface area contributed by atoms with Crippen molar-refractivity contribution in [2.75, 3.05) is 11.9 Å². The molecule has 5 nitrogen and oxygen atoms in total. The molecule has 3 rings (SSSR count). The molecule has 1 aromatic heterocycles. The fraction of sp³-hybridized carbons (Fsp3) is 0.350. The molecule has 0 unspecified atom stereocenters. The van der Waals surface area contributed by atoms with Crippen LogP contribution in [0.1, 0.15) is 41.0 Å². The molecule has 1 N–H and O–H groups in total. The lowest BCUT2D eigenvalue weighted by Crippen LogP contribution is -2.14. The van der Waals surface area contributed by atoms with E-state index in [0.717, 1.165) is 37.1 Å². The summed E-state index contributed by atoms with van der Waals surface area (Å²) in [4.78, 5) is 28.4. The molecule has 0 bridgehead atoms. The van der Waals surface area contributed by atoms with E-state index >= 15 is 0 Å². The Balaban J connectivity index is 1.46. The third-order valence-electron chi connectivity index (χ3n) is 4.07. The number of carbonyl (C=O) groups excluding carboxylic acids is 2. The van der Waals surface area contributed by atoms with Crippen LogP contribution < -0.4 is 5.32 Å². The minimum Gasteiger partial charge on any atom is -0.462 e. The summed E-state index contributed by atoms with van der Waals surface area (Å²) >= 11 is 0. The first-order valence-corrected chi connectivity index (χ1v) is 8.62. The number of aryl methyl sites for hydroxylation is 2. The molecule has 0 saturated heterocycles. The van der Waals surface area contributed by atoms with Gasteiger partial charge in [0.2, 0.25) is 5.91 Å². The van der Waals surface area contributed by atoms with Crippen LogP contribution in [-0.2, 0) is 16.0 Å². The lowest BCUT2D eigenvalue weighted by molar-refractivity contribution is -0.117. The lowest BCUT2D eigenvalue weighted by atomic mass is 10.2. The second kappa shape index (κ2) is 7.92. The summed E-state index contributed by atoms with van der Waals surface area (Å²) in [6.07, 6.45) is 3.39. The number of benzene rings is 1. The van der Waals surface area contributed by atoms with E-state index in [1.807, 2.05) is 25.1 Å². The van der Waals surface area contributed by atoms with E-state index in [1.54, 1.807) is 24.3 Å². The normalized spacial score (nSPS) is 13.3. The third-order valence-corrected chi connectivity index (χ3v) is 4.07. The molecule has 0 atom stereocenters. The maximum absolute atomic E-state index is 12.1. The van der Waals surface area contributed by atoms with Gasteiger partial charge in [-0.15, -0.1) is 0 Å². The number of ether oxygens (including phenoxy) is 1. The number of esters is 1. The smallest absolute Gasteiger partial charge is 0.338 e. The zero-order chi connectivity index (χ0) is 17.6. The zero-order valence-corrected chi connectivity index (χ0v) is 14.3. The van der Waals surface area contributed by atoms with Crippen LogP contribution in [0.5, 0.6) is 0 Å². The summed E-state index contributed by atoms with van der Waals surface area (Å²) in [6, 6.07) is 12.8. The van der Waals surface area contributed by atoms with Crippen molar-refractivity contribution in [1.82, 2.24) is 4.98 Å². The number of pyridine rings is 1. The van der Waals surface area contributed by atoms with Gasteiger partial charge in [-0.3, -0.25) is 9.78 Å². The summed E-state index contributed by atoms with van der Waals surface area (Å²) in [5, 5.41) is 2.84. The molecular formula is C20H22N2O3. The van der Waals surface area contributed by atoms with Crippen molar-refractivity contribution < 1.29 is 14.3 Å². The molecule has 1 amide bonds. The van der Waals surface area contributed by atoms with Gasteiger partial charge in [0.1, 0.15) is 0 Å². The Bertz CT molecular complexity index is 769. The van der Waals surface area contributed by atoms with Crippen molar-refractivity contribution in [3.05, 3.63) is 59.4 Å². The Hall–Kier alpha value is -2.69. The number of rotatable bonds is 7. The van der Waals surface area contributed by atoms with E-state index < -0.39 is 0 Å². The predicted molar refractivity (Wildman–Crippen MR) is 95.4 cm³/mol. The average molecular weight is 338 g/mol. The second-order valence-corrected chi connectivity index (χ2v) is 6.35. The number of hydrogen-bond acceptors (Lipinski definition) is 4. The summed E-state index contributed by atoms with van der Waals surface area (Å²) in [5.74, 6) is -0.221. The molecule has 0 radical (unpaired) electrons. The van der Waals surface area contributed by atoms with Crippen LogP contribution in [0.25, 0.3) is 0 Å². The standard InChI is InChI=1S/C20H22N2O3/c1-14-5-2-7-17(21-14)9-4-12-25-20(24)16-6-3-8-18(13-16)22-19(23)15-10-11-15/h2-3,5-8,13,15H,4,9-12H2,1H3,(H,22,23). The highest BCUT2D eigenvalue weighted by Gasteiger charge is 2.29. The number of amides is 1. The summed E-state index contributed by atoms with van der Waals surface area (Å²) < 4.78 is 5.32. The van der Waals surface area contributed by atoms with Gasteiger partial charge in [-0.1, -0.05) is 12.1 Å². The van der Waals surface area contributed by atoms with Gasteiger partial charge in [-0.05, 0) is 62.9 Å². The van der Waals surface area contributed by atoms with E-state index in [9.17, 15) is 9.59 Å². The molecule has 130 valence electrons. The van der Waals surface area contributed by atoms with Crippen LogP contribution in [-0.4, -0.2) is 23.5 Å². The third kappa shape index (κ3) is 5.14. The van der Waals surface area contributed by atoms with Gasteiger partial charge in [-0.2, -0.15) is 0 Å². The summed E-state index contributed by atoms with van der Waals surface area (Å²) in [7, 11) is 0. The predicted octanol–water partition coefficient (Wildman–Crippen LogP) is 3.53. The zero-order valence-electron chi connectivity index (χ0n) is 14.3.